The van der Waals surface area contributed by atoms with E-state index in [1.165, 1.54) is 39.4 Å². The third-order valence-electron chi connectivity index (χ3n) is 10.7. The van der Waals surface area contributed by atoms with Crippen LogP contribution in [0.3, 0.4) is 0 Å². The van der Waals surface area contributed by atoms with Gasteiger partial charge in [-0.1, -0.05) is 167 Å². The minimum absolute atomic E-state index is 0.174. The molecular formula is C43H46P2. The zero-order valence-corrected chi connectivity index (χ0v) is 29.1. The zero-order valence-electron chi connectivity index (χ0n) is 27.3. The maximum absolute atomic E-state index is 4.30. The number of rotatable bonds is 10. The molecule has 0 aromatic heterocycles. The Hall–Kier alpha value is -3.30. The minimum atomic E-state index is -0.659. The Balaban J connectivity index is 1.51. The number of hydrogen-bond donors (Lipinski definition) is 0. The molecule has 0 aliphatic heterocycles. The van der Waals surface area contributed by atoms with Gasteiger partial charge in [-0.05, 0) is 103 Å². The highest BCUT2D eigenvalue weighted by Gasteiger charge is 2.58. The van der Waals surface area contributed by atoms with Crippen LogP contribution in [0.25, 0.3) is 0 Å². The largest absolute Gasteiger partial charge is 0.0984 e. The zero-order chi connectivity index (χ0) is 31.4. The summed E-state index contributed by atoms with van der Waals surface area (Å²) in [5.41, 5.74) is 3.56. The summed E-state index contributed by atoms with van der Waals surface area (Å²) in [6.45, 7) is 13.9. The van der Waals surface area contributed by atoms with Crippen LogP contribution in [0.4, 0.5) is 0 Å². The smallest absolute Gasteiger partial charge is 0.00133 e. The van der Waals surface area contributed by atoms with Gasteiger partial charge in [0.2, 0.25) is 0 Å². The van der Waals surface area contributed by atoms with Crippen molar-refractivity contribution in [3.8, 4) is 0 Å². The lowest BCUT2D eigenvalue weighted by atomic mass is 9.56. The van der Waals surface area contributed by atoms with Crippen LogP contribution in [-0.4, -0.2) is 0 Å². The first-order valence-corrected chi connectivity index (χ1v) is 19.2. The molecule has 0 bridgehead atoms. The van der Waals surface area contributed by atoms with E-state index < -0.39 is 15.8 Å². The fourth-order valence-electron chi connectivity index (χ4n) is 8.40. The van der Waals surface area contributed by atoms with E-state index in [0.29, 0.717) is 5.92 Å². The van der Waals surface area contributed by atoms with Gasteiger partial charge in [-0.25, -0.2) is 0 Å². The molecule has 3 atom stereocenters. The molecule has 6 rings (SSSR count). The number of fused-ring (bicyclic) bond motifs is 3. The molecule has 4 aromatic carbocycles. The molecule has 0 saturated carbocycles. The Morgan fingerprint density at radius 2 is 1.38 bits per heavy atom. The van der Waals surface area contributed by atoms with E-state index in [4.69, 9.17) is 0 Å². The molecule has 0 saturated heterocycles. The van der Waals surface area contributed by atoms with Crippen molar-refractivity contribution in [2.75, 3.05) is 0 Å². The maximum atomic E-state index is 4.30. The normalized spacial score (nSPS) is 21.3. The van der Waals surface area contributed by atoms with Gasteiger partial charge >= 0.3 is 0 Å². The topological polar surface area (TPSA) is 0 Å². The van der Waals surface area contributed by atoms with E-state index in [1.54, 1.807) is 16.4 Å². The quantitative estimate of drug-likeness (QED) is 0.122. The van der Waals surface area contributed by atoms with Crippen molar-refractivity contribution in [3.63, 3.8) is 0 Å². The van der Waals surface area contributed by atoms with Crippen LogP contribution in [0, 0.1) is 5.41 Å². The Morgan fingerprint density at radius 1 is 0.800 bits per heavy atom. The van der Waals surface area contributed by atoms with Crippen LogP contribution >= 0.6 is 15.8 Å². The van der Waals surface area contributed by atoms with Gasteiger partial charge in [-0.15, -0.1) is 0 Å². The molecule has 45 heavy (non-hydrogen) atoms. The second-order valence-electron chi connectivity index (χ2n) is 12.6. The van der Waals surface area contributed by atoms with Gasteiger partial charge in [0.25, 0.3) is 0 Å². The molecule has 228 valence electrons. The van der Waals surface area contributed by atoms with Crippen molar-refractivity contribution in [2.24, 2.45) is 5.41 Å². The molecule has 3 unspecified atom stereocenters. The lowest BCUT2D eigenvalue weighted by Gasteiger charge is -2.49. The summed E-state index contributed by atoms with van der Waals surface area (Å²) >= 11 is 0. The molecule has 0 radical (unpaired) electrons. The SMILES string of the molecule is C=C/C(=C\C=C/C)P(C1=CCC2(C)C(C1)c1cc(P(c3ccccc3)c3ccccc3)ccc1C2(CC)CC)c1ccccc1. The molecule has 0 amide bonds. The highest BCUT2D eigenvalue weighted by molar-refractivity contribution is 7.79. The lowest BCUT2D eigenvalue weighted by Crippen LogP contribution is -2.42. The monoisotopic (exact) mass is 624 g/mol. The summed E-state index contributed by atoms with van der Waals surface area (Å²) in [7, 11) is -1.31. The maximum Gasteiger partial charge on any atom is 0.00133 e. The first kappa shape index (κ1) is 31.7. The second-order valence-corrected chi connectivity index (χ2v) is 17.1. The minimum Gasteiger partial charge on any atom is -0.0984 e. The average molecular weight is 625 g/mol. The van der Waals surface area contributed by atoms with E-state index in [0.717, 1.165) is 12.8 Å². The van der Waals surface area contributed by atoms with Crippen molar-refractivity contribution >= 4 is 37.1 Å². The van der Waals surface area contributed by atoms with Gasteiger partial charge < -0.3 is 0 Å². The van der Waals surface area contributed by atoms with Gasteiger partial charge in [-0.2, -0.15) is 0 Å². The average Bonchev–Trinajstić information content (AvgIpc) is 3.31. The van der Waals surface area contributed by atoms with E-state index in [1.807, 2.05) is 0 Å². The Bertz CT molecular complexity index is 1670. The van der Waals surface area contributed by atoms with Crippen LogP contribution in [0.2, 0.25) is 0 Å². The fraction of sp³-hybridized carbons (Fsp3) is 0.256. The fourth-order valence-corrected chi connectivity index (χ4v) is 13.2. The Labute approximate surface area is 274 Å². The molecule has 2 aliphatic carbocycles. The van der Waals surface area contributed by atoms with E-state index in [9.17, 15) is 0 Å². The van der Waals surface area contributed by atoms with Crippen molar-refractivity contribution in [1.82, 2.24) is 0 Å². The molecule has 0 fully saturated rings. The molecule has 0 N–H and O–H groups in total. The summed E-state index contributed by atoms with van der Waals surface area (Å²) in [4.78, 5) is 0. The molecule has 0 heterocycles. The summed E-state index contributed by atoms with van der Waals surface area (Å²) < 4.78 is 0. The number of benzene rings is 4. The van der Waals surface area contributed by atoms with Gasteiger partial charge in [0.1, 0.15) is 0 Å². The van der Waals surface area contributed by atoms with Crippen LogP contribution in [0.15, 0.2) is 157 Å². The summed E-state index contributed by atoms with van der Waals surface area (Å²) in [6, 6.07) is 41.2. The molecule has 2 heteroatoms. The highest BCUT2D eigenvalue weighted by atomic mass is 31.1. The predicted octanol–water partition coefficient (Wildman–Crippen LogP) is 10.7. The van der Waals surface area contributed by atoms with Gasteiger partial charge in [0.05, 0.1) is 0 Å². The highest BCUT2D eigenvalue weighted by Crippen LogP contribution is 2.69. The Morgan fingerprint density at radius 3 is 1.91 bits per heavy atom. The third kappa shape index (κ3) is 5.56. The summed E-state index contributed by atoms with van der Waals surface area (Å²) in [5.74, 6) is 0.484. The van der Waals surface area contributed by atoms with Gasteiger partial charge in [0, 0.05) is 5.41 Å². The second kappa shape index (κ2) is 13.6. The van der Waals surface area contributed by atoms with Crippen LogP contribution in [0.1, 0.15) is 70.4 Å². The third-order valence-corrected chi connectivity index (χ3v) is 15.7. The van der Waals surface area contributed by atoms with E-state index in [2.05, 4.69) is 174 Å². The van der Waals surface area contributed by atoms with Crippen LogP contribution < -0.4 is 21.2 Å². The molecule has 2 aliphatic rings. The Kier molecular flexibility index (Phi) is 9.57. The van der Waals surface area contributed by atoms with Crippen molar-refractivity contribution < 1.29 is 0 Å². The molecule has 0 spiro atoms. The predicted molar refractivity (Wildman–Crippen MR) is 202 cm³/mol. The van der Waals surface area contributed by atoms with E-state index >= 15 is 0 Å². The number of hydrogen-bond acceptors (Lipinski definition) is 0. The molecular weight excluding hydrogens is 578 g/mol. The first-order valence-electron chi connectivity index (χ1n) is 16.6. The molecule has 4 aromatic rings. The van der Waals surface area contributed by atoms with Crippen molar-refractivity contribution in [1.29, 1.82) is 0 Å². The molecule has 0 nitrogen and oxygen atoms in total. The standard InChI is InChI=1S/C43H46P2/c1-6-10-20-33(7-2)44(34-21-14-11-15-22-34)38-29-30-42(5)41(32-38)39-31-37(27-28-40(39)43(42,8-3)9-4)45(35-23-16-12-17-24-35)36-25-18-13-19-26-36/h6-7,10-29,31,41H,2,8-9,30,32H2,1,3-5H3/b10-6-,33-20+. The number of allylic oxidation sites excluding steroid dienone is 7. The summed E-state index contributed by atoms with van der Waals surface area (Å²) in [5, 5.41) is 8.65. The van der Waals surface area contributed by atoms with Crippen molar-refractivity contribution in [2.45, 2.75) is 64.7 Å². The first-order chi connectivity index (χ1) is 22.0. The lowest BCUT2D eigenvalue weighted by molar-refractivity contribution is 0.110. The van der Waals surface area contributed by atoms with Gasteiger partial charge in [-0.3, -0.25) is 0 Å². The summed E-state index contributed by atoms with van der Waals surface area (Å²) in [6.07, 6.45) is 15.9. The van der Waals surface area contributed by atoms with Gasteiger partial charge in [0.15, 0.2) is 0 Å². The van der Waals surface area contributed by atoms with Crippen LogP contribution in [-0.2, 0) is 5.41 Å². The van der Waals surface area contributed by atoms with Crippen LogP contribution in [0.5, 0.6) is 0 Å². The van der Waals surface area contributed by atoms with Crippen molar-refractivity contribution in [3.05, 3.63) is 168 Å². The van der Waals surface area contributed by atoms with E-state index in [-0.39, 0.29) is 10.8 Å².